The number of hydrogen-bond donors (Lipinski definition) is 1. The number of aliphatic hydroxyl groups is 1. The zero-order valence-electron chi connectivity index (χ0n) is 17.0. The lowest BCUT2D eigenvalue weighted by Crippen LogP contribution is -2.01. The van der Waals surface area contributed by atoms with Crippen molar-refractivity contribution in [3.63, 3.8) is 0 Å². The van der Waals surface area contributed by atoms with Gasteiger partial charge in [-0.25, -0.2) is 0 Å². The smallest absolute Gasteiger partial charge is 0.0572 e. The predicted molar refractivity (Wildman–Crippen MR) is 109 cm³/mol. The van der Waals surface area contributed by atoms with Gasteiger partial charge < -0.3 is 5.11 Å². The highest BCUT2D eigenvalue weighted by Gasteiger charge is 1.98. The molecule has 0 aliphatic heterocycles. The molecule has 0 heterocycles. The molecular weight excluding hydrogens is 292 g/mol. The average molecular weight is 333 g/mol. The molecule has 0 fully saturated rings. The van der Waals surface area contributed by atoms with Crippen LogP contribution in [0.3, 0.4) is 0 Å². The van der Waals surface area contributed by atoms with E-state index in [1.54, 1.807) is 0 Å². The molecule has 0 saturated heterocycles. The maximum Gasteiger partial charge on any atom is 0.0572 e. The second-order valence-electron chi connectivity index (χ2n) is 7.35. The van der Waals surface area contributed by atoms with E-state index in [9.17, 15) is 5.11 Å². The number of hydrogen-bond acceptors (Lipinski definition) is 1. The summed E-state index contributed by atoms with van der Waals surface area (Å²) in [5.74, 6) is 0. The lowest BCUT2D eigenvalue weighted by molar-refractivity contribution is 0.173. The SMILES string of the molecule is CCC(O)C/C=C(\C)CCC=C(C)CC/C=C(\C)CCC=C(C)C. The Morgan fingerprint density at radius 1 is 0.708 bits per heavy atom. The Labute approximate surface area is 151 Å². The lowest BCUT2D eigenvalue weighted by Gasteiger charge is -2.05. The van der Waals surface area contributed by atoms with Crippen molar-refractivity contribution in [3.8, 4) is 0 Å². The number of rotatable bonds is 12. The van der Waals surface area contributed by atoms with Crippen molar-refractivity contribution in [2.75, 3.05) is 0 Å². The summed E-state index contributed by atoms with van der Waals surface area (Å²) in [6.07, 6.45) is 17.6. The fourth-order valence-corrected chi connectivity index (χ4v) is 2.49. The molecule has 138 valence electrons. The largest absolute Gasteiger partial charge is 0.393 e. The monoisotopic (exact) mass is 332 g/mol. The standard InChI is InChI=1S/C23H40O/c1-7-23(24)18-17-22(6)16-10-15-21(5)14-9-13-20(4)12-8-11-19(2)3/h11,13,15,17,23-24H,7-10,12,14,16,18H2,1-6H3/b20-13+,21-15?,22-17+. The summed E-state index contributed by atoms with van der Waals surface area (Å²) in [6.45, 7) is 13.0. The molecule has 1 nitrogen and oxygen atoms in total. The van der Waals surface area contributed by atoms with Crippen LogP contribution in [0.15, 0.2) is 46.6 Å². The van der Waals surface area contributed by atoms with Gasteiger partial charge in [0.2, 0.25) is 0 Å². The molecular formula is C23H40O. The molecule has 1 atom stereocenters. The normalized spacial score (nSPS) is 14.7. The Balaban J connectivity index is 4.00. The first-order valence-corrected chi connectivity index (χ1v) is 9.63. The van der Waals surface area contributed by atoms with Crippen LogP contribution in [-0.2, 0) is 0 Å². The molecule has 0 saturated carbocycles. The fraction of sp³-hybridized carbons (Fsp3) is 0.652. The third-order valence-corrected chi connectivity index (χ3v) is 4.36. The van der Waals surface area contributed by atoms with Gasteiger partial charge in [0.05, 0.1) is 6.10 Å². The van der Waals surface area contributed by atoms with E-state index in [-0.39, 0.29) is 6.10 Å². The molecule has 0 aromatic rings. The number of allylic oxidation sites excluding steroid dienone is 7. The molecule has 1 N–H and O–H groups in total. The second kappa shape index (κ2) is 14.3. The first-order valence-electron chi connectivity index (χ1n) is 9.63. The van der Waals surface area contributed by atoms with Crippen LogP contribution < -0.4 is 0 Å². The Morgan fingerprint density at radius 2 is 1.12 bits per heavy atom. The van der Waals surface area contributed by atoms with Crippen molar-refractivity contribution in [2.45, 2.75) is 99.0 Å². The van der Waals surface area contributed by atoms with E-state index < -0.39 is 0 Å². The van der Waals surface area contributed by atoms with Gasteiger partial charge in [-0.1, -0.05) is 53.5 Å². The molecule has 0 aromatic carbocycles. The van der Waals surface area contributed by atoms with Gasteiger partial charge in [-0.05, 0) is 86.0 Å². The molecule has 0 bridgehead atoms. The molecule has 0 rings (SSSR count). The molecule has 0 aliphatic rings. The van der Waals surface area contributed by atoms with Gasteiger partial charge in [-0.3, -0.25) is 0 Å². The van der Waals surface area contributed by atoms with Crippen molar-refractivity contribution in [1.29, 1.82) is 0 Å². The highest BCUT2D eigenvalue weighted by molar-refractivity contribution is 5.07. The summed E-state index contributed by atoms with van der Waals surface area (Å²) >= 11 is 0. The average Bonchev–Trinajstić information content (AvgIpc) is 2.52. The number of aliphatic hydroxyl groups excluding tert-OH is 1. The van der Waals surface area contributed by atoms with E-state index in [4.69, 9.17) is 0 Å². The highest BCUT2D eigenvalue weighted by Crippen LogP contribution is 2.14. The quantitative estimate of drug-likeness (QED) is 0.372. The van der Waals surface area contributed by atoms with Crippen molar-refractivity contribution in [1.82, 2.24) is 0 Å². The van der Waals surface area contributed by atoms with Crippen LogP contribution in [0.4, 0.5) is 0 Å². The van der Waals surface area contributed by atoms with Gasteiger partial charge in [0.1, 0.15) is 0 Å². The molecule has 1 heteroatoms. The summed E-state index contributed by atoms with van der Waals surface area (Å²) in [7, 11) is 0. The van der Waals surface area contributed by atoms with E-state index in [1.165, 1.54) is 28.7 Å². The third-order valence-electron chi connectivity index (χ3n) is 4.36. The van der Waals surface area contributed by atoms with Gasteiger partial charge >= 0.3 is 0 Å². The van der Waals surface area contributed by atoms with E-state index in [0.29, 0.717) is 0 Å². The molecule has 0 aromatic heterocycles. The fourth-order valence-electron chi connectivity index (χ4n) is 2.49. The van der Waals surface area contributed by atoms with Gasteiger partial charge in [0.25, 0.3) is 0 Å². The minimum atomic E-state index is -0.177. The van der Waals surface area contributed by atoms with Gasteiger partial charge in [-0.2, -0.15) is 0 Å². The van der Waals surface area contributed by atoms with Crippen LogP contribution in [0.2, 0.25) is 0 Å². The van der Waals surface area contributed by atoms with Crippen LogP contribution in [0.5, 0.6) is 0 Å². The van der Waals surface area contributed by atoms with Crippen molar-refractivity contribution >= 4 is 0 Å². The van der Waals surface area contributed by atoms with Gasteiger partial charge in [0.15, 0.2) is 0 Å². The Morgan fingerprint density at radius 3 is 1.54 bits per heavy atom. The first kappa shape index (κ1) is 22.9. The van der Waals surface area contributed by atoms with Crippen LogP contribution in [-0.4, -0.2) is 11.2 Å². The lowest BCUT2D eigenvalue weighted by atomic mass is 10.0. The van der Waals surface area contributed by atoms with E-state index in [1.807, 2.05) is 6.92 Å². The second-order valence-corrected chi connectivity index (χ2v) is 7.35. The summed E-state index contributed by atoms with van der Waals surface area (Å²) in [5.41, 5.74) is 5.80. The molecule has 24 heavy (non-hydrogen) atoms. The molecule has 0 aliphatic carbocycles. The molecule has 1 unspecified atom stereocenters. The summed E-state index contributed by atoms with van der Waals surface area (Å²) in [4.78, 5) is 0. The topological polar surface area (TPSA) is 20.2 Å². The Kier molecular flexibility index (Phi) is 13.6. The molecule has 0 spiro atoms. The van der Waals surface area contributed by atoms with Gasteiger partial charge in [0, 0.05) is 0 Å². The van der Waals surface area contributed by atoms with Crippen LogP contribution in [0, 0.1) is 0 Å². The minimum Gasteiger partial charge on any atom is -0.393 e. The van der Waals surface area contributed by atoms with E-state index >= 15 is 0 Å². The summed E-state index contributed by atoms with van der Waals surface area (Å²) in [6, 6.07) is 0. The Hall–Kier alpha value is -1.08. The van der Waals surface area contributed by atoms with Crippen LogP contribution >= 0.6 is 0 Å². The summed E-state index contributed by atoms with van der Waals surface area (Å²) < 4.78 is 0. The molecule has 0 radical (unpaired) electrons. The van der Waals surface area contributed by atoms with Crippen LogP contribution in [0.1, 0.15) is 92.9 Å². The Bertz CT molecular complexity index is 445. The predicted octanol–water partition coefficient (Wildman–Crippen LogP) is 7.29. The zero-order chi connectivity index (χ0) is 18.4. The maximum atomic E-state index is 9.58. The van der Waals surface area contributed by atoms with Crippen molar-refractivity contribution in [3.05, 3.63) is 46.6 Å². The van der Waals surface area contributed by atoms with Crippen LogP contribution in [0.25, 0.3) is 0 Å². The zero-order valence-corrected chi connectivity index (χ0v) is 17.0. The highest BCUT2D eigenvalue weighted by atomic mass is 16.3. The third kappa shape index (κ3) is 14.5. The van der Waals surface area contributed by atoms with Crippen molar-refractivity contribution in [2.24, 2.45) is 0 Å². The van der Waals surface area contributed by atoms with Gasteiger partial charge in [-0.15, -0.1) is 0 Å². The first-order chi connectivity index (χ1) is 11.3. The van der Waals surface area contributed by atoms with Crippen molar-refractivity contribution < 1.29 is 5.11 Å². The maximum absolute atomic E-state index is 9.58. The molecule has 0 amide bonds. The minimum absolute atomic E-state index is 0.177. The van der Waals surface area contributed by atoms with E-state index in [0.717, 1.165) is 44.9 Å². The summed E-state index contributed by atoms with van der Waals surface area (Å²) in [5, 5.41) is 9.58. The van der Waals surface area contributed by atoms with E-state index in [2.05, 4.69) is 58.9 Å².